The maximum absolute atomic E-state index is 8.64. The van der Waals surface area contributed by atoms with Gasteiger partial charge in [-0.05, 0) is 7.05 Å². The largest absolute Gasteiger partial charge is 1.00 e. The van der Waals surface area contributed by atoms with E-state index in [0.29, 0.717) is 5.33 Å². The number of hydrogen-bond donors (Lipinski definition) is 1. The molecular weight excluding hydrogens is 296 g/mol. The molecule has 0 unspecified atom stereocenters. The predicted molar refractivity (Wildman–Crippen MR) is 64.8 cm³/mol. The van der Waals surface area contributed by atoms with Gasteiger partial charge < -0.3 is 15.9 Å². The van der Waals surface area contributed by atoms with Crippen molar-refractivity contribution >= 4 is 52.0 Å². The van der Waals surface area contributed by atoms with E-state index in [1.165, 1.54) is 7.05 Å². The van der Waals surface area contributed by atoms with Crippen molar-refractivity contribution in [2.75, 3.05) is 12.4 Å². The third-order valence-electron chi connectivity index (χ3n) is 0.321. The van der Waals surface area contributed by atoms with Crippen LogP contribution in [0.1, 0.15) is 13.3 Å². The first kappa shape index (κ1) is 36.0. The van der Waals surface area contributed by atoms with Gasteiger partial charge in [-0.1, -0.05) is 28.8 Å². The Kier molecular flexibility index (Phi) is 165. The Morgan fingerprint density at radius 1 is 1.44 bits per heavy atom. The van der Waals surface area contributed by atoms with Crippen molar-refractivity contribution in [3.63, 3.8) is 0 Å². The van der Waals surface area contributed by atoms with Crippen LogP contribution in [0.2, 0.25) is 0 Å². The molecule has 0 fully saturated rings. The first-order valence-electron chi connectivity index (χ1n) is 3.47. The first-order chi connectivity index (χ1) is 6.74. The number of alkyl halides is 1. The first-order valence-corrected chi connectivity index (χ1v) is 4.60. The molecule has 0 aliphatic heterocycles. The standard InChI is InChI=1S/C4H6.C3H3Br.CH5N.CH2O3.2Na/c1-3-4-2;1-2-3-4;1-2;2-1-4-3;;/h1H,4H2,2H3;1H,3H2;2H2,1H3;1,3H;;/q;;;;;+1/p-1. The molecule has 16 heavy (non-hydrogen) atoms. The fourth-order valence-electron chi connectivity index (χ4n) is 0. The van der Waals surface area contributed by atoms with E-state index in [1.807, 2.05) is 6.92 Å². The van der Waals surface area contributed by atoms with Gasteiger partial charge in [0, 0.05) is 36.0 Å². The van der Waals surface area contributed by atoms with Gasteiger partial charge in [0.25, 0.3) is 6.47 Å². The van der Waals surface area contributed by atoms with Crippen molar-refractivity contribution in [1.29, 1.82) is 0 Å². The van der Waals surface area contributed by atoms with E-state index in [4.69, 9.17) is 22.9 Å². The summed E-state index contributed by atoms with van der Waals surface area (Å²) < 4.78 is 0. The normalized spacial score (nSPS) is 4.19. The van der Waals surface area contributed by atoms with Crippen LogP contribution in [-0.2, 0) is 9.68 Å². The van der Waals surface area contributed by atoms with Crippen molar-refractivity contribution in [1.82, 2.24) is 0 Å². The number of nitrogens with two attached hydrogens (primary N) is 1. The molecule has 0 rings (SSSR count). The number of rotatable bonds is 1. The maximum Gasteiger partial charge on any atom is 1.00 e. The van der Waals surface area contributed by atoms with Gasteiger partial charge >= 0.3 is 29.6 Å². The Morgan fingerprint density at radius 2 is 1.62 bits per heavy atom. The molecule has 83 valence electrons. The second-order valence-corrected chi connectivity index (χ2v) is 1.65. The van der Waals surface area contributed by atoms with E-state index in [-0.39, 0.29) is 65.6 Å². The Hall–Kier alpha value is 0.990. The number of carbonyl (C=O) groups is 1. The summed E-state index contributed by atoms with van der Waals surface area (Å²) in [5.74, 6) is 4.78. The quantitative estimate of drug-likeness (QED) is 0.137. The monoisotopic (exact) mass is 310 g/mol. The minimum absolute atomic E-state index is 0. The second-order valence-electron chi connectivity index (χ2n) is 1.09. The van der Waals surface area contributed by atoms with E-state index in [9.17, 15) is 0 Å². The molecule has 0 aromatic carbocycles. The number of hydrogen-bond acceptors (Lipinski definition) is 4. The summed E-state index contributed by atoms with van der Waals surface area (Å²) in [5, 5.41) is 9.09. The van der Waals surface area contributed by atoms with E-state index in [0.717, 1.165) is 6.42 Å². The Morgan fingerprint density at radius 3 is 1.62 bits per heavy atom. The number of carbonyl (C=O) groups excluding carboxylic acids is 1. The summed E-state index contributed by atoms with van der Waals surface area (Å²) in [7, 11) is 1.50. The summed E-state index contributed by atoms with van der Waals surface area (Å²) in [4.78, 5) is 11.2. The molecule has 0 bridgehead atoms. The van der Waals surface area contributed by atoms with E-state index >= 15 is 0 Å². The number of terminal acetylenes is 2. The minimum Gasteiger partial charge on any atom is -0.662 e. The third kappa shape index (κ3) is 184. The summed E-state index contributed by atoms with van der Waals surface area (Å²) in [5.41, 5.74) is 4.50. The van der Waals surface area contributed by atoms with E-state index in [2.05, 4.69) is 38.4 Å². The summed E-state index contributed by atoms with van der Waals surface area (Å²) in [6.07, 6.45) is 10.4. The van der Waals surface area contributed by atoms with Crippen LogP contribution in [0.4, 0.5) is 0 Å². The van der Waals surface area contributed by atoms with Gasteiger partial charge in [-0.3, -0.25) is 4.79 Å². The van der Waals surface area contributed by atoms with Gasteiger partial charge in [0.05, 0.1) is 5.33 Å². The summed E-state index contributed by atoms with van der Waals surface area (Å²) in [6, 6.07) is 0. The van der Waals surface area contributed by atoms with Gasteiger partial charge in [0.2, 0.25) is 0 Å². The fourth-order valence-corrected chi connectivity index (χ4v) is 0. The summed E-state index contributed by atoms with van der Waals surface area (Å²) in [6.45, 7) is 1.76. The zero-order valence-corrected chi connectivity index (χ0v) is 15.9. The van der Waals surface area contributed by atoms with E-state index in [1.54, 1.807) is 0 Å². The molecule has 4 nitrogen and oxygen atoms in total. The molecule has 0 atom stereocenters. The van der Waals surface area contributed by atoms with Crippen molar-refractivity contribution in [2.45, 2.75) is 13.3 Å². The molecule has 0 saturated heterocycles. The number of halogens is 1. The van der Waals surface area contributed by atoms with Gasteiger partial charge in [-0.25, -0.2) is 0 Å². The zero-order valence-electron chi connectivity index (χ0n) is 10.3. The van der Waals surface area contributed by atoms with E-state index < -0.39 is 0 Å². The van der Waals surface area contributed by atoms with Gasteiger partial charge in [0.15, 0.2) is 0 Å². The molecular formula is C9H15BrNNa2O3. The Bertz CT molecular complexity index is 144. The molecule has 7 heteroatoms. The Labute approximate surface area is 151 Å². The molecule has 0 aromatic heterocycles. The molecule has 0 saturated carbocycles. The molecule has 0 aliphatic rings. The van der Waals surface area contributed by atoms with Crippen molar-refractivity contribution in [3.8, 4) is 24.7 Å². The smallest absolute Gasteiger partial charge is 0.662 e. The van der Waals surface area contributed by atoms with Crippen LogP contribution in [0, 0.1) is 24.7 Å². The van der Waals surface area contributed by atoms with Crippen LogP contribution in [0.25, 0.3) is 0 Å². The van der Waals surface area contributed by atoms with Crippen molar-refractivity contribution < 1.29 is 44.5 Å². The minimum atomic E-state index is -0.181. The van der Waals surface area contributed by atoms with Gasteiger partial charge in [-0.2, -0.15) is 0 Å². The van der Waals surface area contributed by atoms with Crippen LogP contribution in [-0.4, -0.2) is 48.4 Å². The van der Waals surface area contributed by atoms with Crippen LogP contribution < -0.4 is 40.5 Å². The van der Waals surface area contributed by atoms with Gasteiger partial charge in [-0.15, -0.1) is 18.8 Å². The molecule has 0 amide bonds. The summed E-state index contributed by atoms with van der Waals surface area (Å²) >= 11 is 3.01. The molecule has 2 N–H and O–H groups in total. The molecule has 0 aliphatic carbocycles. The fraction of sp³-hybridized carbons (Fsp3) is 0.444. The van der Waals surface area contributed by atoms with Crippen molar-refractivity contribution in [3.05, 3.63) is 0 Å². The molecule has 0 spiro atoms. The van der Waals surface area contributed by atoms with Crippen LogP contribution in [0.15, 0.2) is 0 Å². The predicted octanol–water partition coefficient (Wildman–Crippen LogP) is -3.32. The van der Waals surface area contributed by atoms with Crippen LogP contribution in [0.5, 0.6) is 0 Å². The second kappa shape index (κ2) is 73.5. The maximum atomic E-state index is 8.64. The topological polar surface area (TPSA) is 75.4 Å². The zero-order chi connectivity index (χ0) is 12.2. The Balaban J connectivity index is -0.0000000205. The molecule has 1 radical (unpaired) electrons. The van der Waals surface area contributed by atoms with Crippen molar-refractivity contribution in [2.24, 2.45) is 5.73 Å². The van der Waals surface area contributed by atoms with Gasteiger partial charge in [0.1, 0.15) is 0 Å². The average molecular weight is 311 g/mol. The van der Waals surface area contributed by atoms with Crippen LogP contribution >= 0.6 is 15.9 Å². The van der Waals surface area contributed by atoms with Crippen LogP contribution in [0.3, 0.4) is 0 Å². The molecule has 0 heterocycles. The molecule has 0 aromatic rings. The average Bonchev–Trinajstić information content (AvgIpc) is 2.31. The SMILES string of the molecule is C#CCBr.C#CCC.CN.O=CO[O-].[Na+].[Na]. The third-order valence-corrected chi connectivity index (χ3v) is 0.644.